The van der Waals surface area contributed by atoms with E-state index in [0.29, 0.717) is 19.0 Å². The molecule has 1 rings (SSSR count). The van der Waals surface area contributed by atoms with Crippen molar-refractivity contribution in [3.8, 4) is 0 Å². The highest BCUT2D eigenvalue weighted by atomic mass is 16.5. The number of aliphatic hydroxyl groups excluding tert-OH is 1. The van der Waals surface area contributed by atoms with E-state index < -0.39 is 0 Å². The van der Waals surface area contributed by atoms with E-state index in [1.807, 2.05) is 19.9 Å². The Morgan fingerprint density at radius 3 is 2.56 bits per heavy atom. The third-order valence-corrected chi connectivity index (χ3v) is 2.52. The minimum Gasteiger partial charge on any atom is -0.461 e. The molecule has 0 radical (unpaired) electrons. The van der Waals surface area contributed by atoms with E-state index in [1.54, 1.807) is 13.2 Å². The molecule has 1 N–H and O–H groups in total. The van der Waals surface area contributed by atoms with Crippen LogP contribution in [0.4, 0.5) is 0 Å². The fourth-order valence-corrected chi connectivity index (χ4v) is 1.18. The van der Waals surface area contributed by atoms with Crippen LogP contribution in [0.5, 0.6) is 0 Å². The van der Waals surface area contributed by atoms with Crippen LogP contribution >= 0.6 is 0 Å². The smallest absolute Gasteiger partial charge is 0.129 e. The average molecular weight is 228 g/mol. The third-order valence-electron chi connectivity index (χ3n) is 2.52. The van der Waals surface area contributed by atoms with E-state index in [-0.39, 0.29) is 12.2 Å². The fraction of sp³-hybridized carbons (Fsp3) is 0.667. The van der Waals surface area contributed by atoms with Gasteiger partial charge in [0, 0.05) is 13.7 Å². The van der Waals surface area contributed by atoms with Gasteiger partial charge in [-0.15, -0.1) is 0 Å². The van der Waals surface area contributed by atoms with Crippen LogP contribution in [0.15, 0.2) is 16.5 Å². The Balaban J connectivity index is 2.20. The molecular weight excluding hydrogens is 208 g/mol. The number of hydrogen-bond acceptors (Lipinski definition) is 4. The Bertz CT molecular complexity index is 304. The van der Waals surface area contributed by atoms with Gasteiger partial charge in [-0.1, -0.05) is 0 Å². The number of hydrogen-bond donors (Lipinski definition) is 1. The fourth-order valence-electron chi connectivity index (χ4n) is 1.18. The van der Waals surface area contributed by atoms with E-state index >= 15 is 0 Å². The molecule has 16 heavy (non-hydrogen) atoms. The molecule has 0 unspecified atom stereocenters. The summed E-state index contributed by atoms with van der Waals surface area (Å²) in [6.45, 7) is 5.02. The van der Waals surface area contributed by atoms with Gasteiger partial charge in [0.1, 0.15) is 24.7 Å². The van der Waals surface area contributed by atoms with Crippen molar-refractivity contribution < 1.29 is 19.0 Å². The van der Waals surface area contributed by atoms with Gasteiger partial charge in [0.2, 0.25) is 0 Å². The molecule has 0 atom stereocenters. The number of furan rings is 1. The summed E-state index contributed by atoms with van der Waals surface area (Å²) in [4.78, 5) is 0. The lowest BCUT2D eigenvalue weighted by atomic mass is 10.1. The summed E-state index contributed by atoms with van der Waals surface area (Å²) in [5.41, 5.74) is -0.153. The summed E-state index contributed by atoms with van der Waals surface area (Å²) in [6, 6.07) is 3.56. The maximum absolute atomic E-state index is 8.81. The lowest BCUT2D eigenvalue weighted by Gasteiger charge is -2.22. The van der Waals surface area contributed by atoms with Gasteiger partial charge >= 0.3 is 0 Å². The molecule has 0 spiro atoms. The Labute approximate surface area is 96.2 Å². The zero-order valence-electron chi connectivity index (χ0n) is 10.2. The maximum Gasteiger partial charge on any atom is 0.129 e. The number of aliphatic hydroxyl groups is 1. The first-order chi connectivity index (χ1) is 7.57. The third kappa shape index (κ3) is 4.35. The Morgan fingerprint density at radius 2 is 2.00 bits per heavy atom. The van der Waals surface area contributed by atoms with Crippen LogP contribution in [0.2, 0.25) is 0 Å². The van der Waals surface area contributed by atoms with Crippen LogP contribution in [0.3, 0.4) is 0 Å². The Hall–Kier alpha value is -0.840. The quantitative estimate of drug-likeness (QED) is 0.726. The predicted molar refractivity (Wildman–Crippen MR) is 60.0 cm³/mol. The molecule has 0 aliphatic rings. The zero-order valence-corrected chi connectivity index (χ0v) is 10.2. The molecule has 4 heteroatoms. The van der Waals surface area contributed by atoms with E-state index in [0.717, 1.165) is 12.2 Å². The van der Waals surface area contributed by atoms with Crippen molar-refractivity contribution in [1.29, 1.82) is 0 Å². The van der Waals surface area contributed by atoms with Gasteiger partial charge in [0.25, 0.3) is 0 Å². The molecule has 0 saturated carbocycles. The highest BCUT2D eigenvalue weighted by molar-refractivity contribution is 5.05. The van der Waals surface area contributed by atoms with Crippen LogP contribution < -0.4 is 0 Å². The molecule has 0 aliphatic heterocycles. The SMILES string of the molecule is COC(C)(C)CCOCc1ccc(CO)o1. The van der Waals surface area contributed by atoms with Crippen LogP contribution in [0, 0.1) is 0 Å². The second kappa shape index (κ2) is 6.03. The van der Waals surface area contributed by atoms with Gasteiger partial charge in [-0.3, -0.25) is 0 Å². The molecule has 0 aromatic carbocycles. The Kier molecular flexibility index (Phi) is 4.99. The minimum atomic E-state index is -0.153. The van der Waals surface area contributed by atoms with Crippen molar-refractivity contribution in [3.05, 3.63) is 23.7 Å². The highest BCUT2D eigenvalue weighted by Gasteiger charge is 2.15. The number of ether oxygens (including phenoxy) is 2. The molecule has 1 aromatic rings. The lowest BCUT2D eigenvalue weighted by molar-refractivity contribution is -0.0145. The Morgan fingerprint density at radius 1 is 1.31 bits per heavy atom. The summed E-state index contributed by atoms with van der Waals surface area (Å²) >= 11 is 0. The van der Waals surface area contributed by atoms with Crippen LogP contribution in [-0.2, 0) is 22.7 Å². The molecule has 4 nitrogen and oxygen atoms in total. The van der Waals surface area contributed by atoms with Crippen molar-refractivity contribution in [2.24, 2.45) is 0 Å². The first-order valence-electron chi connectivity index (χ1n) is 5.39. The van der Waals surface area contributed by atoms with Gasteiger partial charge < -0.3 is 19.0 Å². The molecule has 1 heterocycles. The summed E-state index contributed by atoms with van der Waals surface area (Å²) in [6.07, 6.45) is 0.830. The van der Waals surface area contributed by atoms with Crippen molar-refractivity contribution >= 4 is 0 Å². The summed E-state index contributed by atoms with van der Waals surface area (Å²) in [5, 5.41) is 8.81. The van der Waals surface area contributed by atoms with Gasteiger partial charge in [-0.05, 0) is 32.4 Å². The van der Waals surface area contributed by atoms with Gasteiger partial charge in [0.05, 0.1) is 5.60 Å². The van der Waals surface area contributed by atoms with E-state index in [2.05, 4.69) is 0 Å². The highest BCUT2D eigenvalue weighted by Crippen LogP contribution is 2.14. The second-order valence-corrected chi connectivity index (χ2v) is 4.29. The van der Waals surface area contributed by atoms with E-state index in [4.69, 9.17) is 19.0 Å². The van der Waals surface area contributed by atoms with Crippen molar-refractivity contribution in [3.63, 3.8) is 0 Å². The van der Waals surface area contributed by atoms with Gasteiger partial charge in [-0.2, -0.15) is 0 Å². The van der Waals surface area contributed by atoms with Gasteiger partial charge in [-0.25, -0.2) is 0 Å². The minimum absolute atomic E-state index is 0.0727. The average Bonchev–Trinajstić information content (AvgIpc) is 2.72. The van der Waals surface area contributed by atoms with E-state index in [9.17, 15) is 0 Å². The normalized spacial score (nSPS) is 12.0. The molecule has 0 fully saturated rings. The topological polar surface area (TPSA) is 51.8 Å². The van der Waals surface area contributed by atoms with Crippen molar-refractivity contribution in [2.75, 3.05) is 13.7 Å². The monoisotopic (exact) mass is 228 g/mol. The molecule has 0 aliphatic carbocycles. The van der Waals surface area contributed by atoms with Crippen LogP contribution in [0.1, 0.15) is 31.8 Å². The standard InChI is InChI=1S/C12H20O4/c1-12(2,14-3)6-7-15-9-11-5-4-10(8-13)16-11/h4-5,13H,6-9H2,1-3H3. The van der Waals surface area contributed by atoms with Gasteiger partial charge in [0.15, 0.2) is 0 Å². The first-order valence-corrected chi connectivity index (χ1v) is 5.39. The first kappa shape index (κ1) is 13.2. The summed E-state index contributed by atoms with van der Waals surface area (Å²) in [7, 11) is 1.69. The zero-order chi connectivity index (χ0) is 12.0. The maximum atomic E-state index is 8.81. The number of methoxy groups -OCH3 is 1. The predicted octanol–water partition coefficient (Wildman–Crippen LogP) is 2.10. The molecule has 0 bridgehead atoms. The van der Waals surface area contributed by atoms with E-state index in [1.165, 1.54) is 0 Å². The molecular formula is C12H20O4. The summed E-state index contributed by atoms with van der Waals surface area (Å²) in [5.74, 6) is 1.30. The summed E-state index contributed by atoms with van der Waals surface area (Å²) < 4.78 is 16.0. The largest absolute Gasteiger partial charge is 0.461 e. The molecule has 0 amide bonds. The van der Waals surface area contributed by atoms with Crippen LogP contribution in [-0.4, -0.2) is 24.4 Å². The van der Waals surface area contributed by atoms with Crippen LogP contribution in [0.25, 0.3) is 0 Å². The lowest BCUT2D eigenvalue weighted by Crippen LogP contribution is -2.24. The molecule has 92 valence electrons. The second-order valence-electron chi connectivity index (χ2n) is 4.29. The molecule has 0 saturated heterocycles. The number of rotatable bonds is 7. The van der Waals surface area contributed by atoms with Crippen molar-refractivity contribution in [2.45, 2.75) is 39.1 Å². The molecule has 1 aromatic heterocycles. The van der Waals surface area contributed by atoms with Crippen molar-refractivity contribution in [1.82, 2.24) is 0 Å².